The van der Waals surface area contributed by atoms with E-state index in [1.165, 1.54) is 11.6 Å². The van der Waals surface area contributed by atoms with Crippen LogP contribution in [0.1, 0.15) is 24.8 Å². The van der Waals surface area contributed by atoms with Crippen molar-refractivity contribution in [2.45, 2.75) is 25.3 Å². The van der Waals surface area contributed by atoms with Crippen LogP contribution in [0.5, 0.6) is 0 Å². The van der Waals surface area contributed by atoms with Crippen LogP contribution in [0.4, 0.5) is 5.82 Å². The summed E-state index contributed by atoms with van der Waals surface area (Å²) >= 11 is 0. The van der Waals surface area contributed by atoms with Crippen LogP contribution in [0.3, 0.4) is 0 Å². The van der Waals surface area contributed by atoms with E-state index in [2.05, 4.69) is 32.9 Å². The van der Waals surface area contributed by atoms with Crippen molar-refractivity contribution in [3.05, 3.63) is 61.1 Å². The lowest BCUT2D eigenvalue weighted by Gasteiger charge is -2.24. The van der Waals surface area contributed by atoms with Gasteiger partial charge in [-0.1, -0.05) is 12.7 Å². The Hall–Kier alpha value is -3.41. The van der Waals surface area contributed by atoms with Crippen LogP contribution in [-0.2, 0) is 4.79 Å². The molecule has 0 saturated carbocycles. The zero-order valence-corrected chi connectivity index (χ0v) is 14.9. The van der Waals surface area contributed by atoms with E-state index in [0.29, 0.717) is 5.82 Å². The van der Waals surface area contributed by atoms with E-state index in [9.17, 15) is 4.79 Å². The van der Waals surface area contributed by atoms with Crippen molar-refractivity contribution in [2.24, 2.45) is 0 Å². The smallest absolute Gasteiger partial charge is 0.243 e. The summed E-state index contributed by atoms with van der Waals surface area (Å²) in [6.07, 6.45) is 11.6. The zero-order chi connectivity index (χ0) is 18.8. The first-order chi connectivity index (χ1) is 13.2. The molecule has 6 nitrogen and oxygen atoms in total. The molecule has 1 aliphatic rings. The lowest BCUT2D eigenvalue weighted by molar-refractivity contribution is -0.117. The van der Waals surface area contributed by atoms with E-state index >= 15 is 0 Å². The third kappa shape index (κ3) is 3.21. The average molecular weight is 359 g/mol. The number of pyridine rings is 2. The highest BCUT2D eigenvalue weighted by Crippen LogP contribution is 2.37. The molecule has 6 heteroatoms. The number of aromatic amines is 1. The first-order valence-electron chi connectivity index (χ1n) is 8.96. The van der Waals surface area contributed by atoms with Gasteiger partial charge in [-0.3, -0.25) is 4.79 Å². The molecule has 136 valence electrons. The molecule has 0 aromatic carbocycles. The lowest BCUT2D eigenvalue weighted by Crippen LogP contribution is -2.34. The average Bonchev–Trinajstić information content (AvgIpc) is 3.12. The second-order valence-corrected chi connectivity index (χ2v) is 6.64. The molecule has 0 fully saturated rings. The van der Waals surface area contributed by atoms with Gasteiger partial charge in [-0.2, -0.15) is 0 Å². The van der Waals surface area contributed by atoms with Gasteiger partial charge in [0.15, 0.2) is 0 Å². The number of carbonyl (C=O) groups excluding carboxylic acids is 1. The van der Waals surface area contributed by atoms with Crippen LogP contribution in [0.25, 0.3) is 27.7 Å². The van der Waals surface area contributed by atoms with Crippen LogP contribution in [0.2, 0.25) is 0 Å². The van der Waals surface area contributed by atoms with Gasteiger partial charge in [0.2, 0.25) is 5.91 Å². The molecule has 1 unspecified atom stereocenters. The molecule has 0 aliphatic heterocycles. The van der Waals surface area contributed by atoms with Crippen LogP contribution >= 0.6 is 0 Å². The van der Waals surface area contributed by atoms with E-state index < -0.39 is 0 Å². The normalized spacial score (nSPS) is 16.7. The highest BCUT2D eigenvalue weighted by molar-refractivity contribution is 6.03. The number of amides is 1. The van der Waals surface area contributed by atoms with Gasteiger partial charge in [-0.05, 0) is 54.7 Å². The minimum atomic E-state index is -0.133. The van der Waals surface area contributed by atoms with Gasteiger partial charge < -0.3 is 16.0 Å². The van der Waals surface area contributed by atoms with Gasteiger partial charge in [0.05, 0.1) is 0 Å². The Bertz CT molecular complexity index is 1050. The van der Waals surface area contributed by atoms with Crippen molar-refractivity contribution in [3.8, 4) is 11.1 Å². The molecule has 0 radical (unpaired) electrons. The van der Waals surface area contributed by atoms with Gasteiger partial charge in [0.1, 0.15) is 11.5 Å². The summed E-state index contributed by atoms with van der Waals surface area (Å²) in [4.78, 5) is 23.6. The summed E-state index contributed by atoms with van der Waals surface area (Å²) in [5.41, 5.74) is 11.1. The monoisotopic (exact) mass is 359 g/mol. The van der Waals surface area contributed by atoms with E-state index in [4.69, 9.17) is 5.73 Å². The largest absolute Gasteiger partial charge is 0.383 e. The Balaban J connectivity index is 1.78. The number of hydrogen-bond donors (Lipinski definition) is 3. The number of fused-ring (bicyclic) bond motifs is 1. The molecule has 1 amide bonds. The number of H-pyrrole nitrogens is 1. The van der Waals surface area contributed by atoms with Crippen molar-refractivity contribution in [1.82, 2.24) is 20.3 Å². The SMILES string of the molecule is C=CC(=O)NC1CCC=C(c2ccnc3[nH]cc(-c4cccnc4N)c23)C1. The number of aromatic nitrogens is 3. The number of nitrogens with two attached hydrogens (primary N) is 1. The fourth-order valence-corrected chi connectivity index (χ4v) is 3.69. The third-order valence-corrected chi connectivity index (χ3v) is 4.95. The minimum Gasteiger partial charge on any atom is -0.383 e. The molecule has 3 heterocycles. The number of nitrogens with one attached hydrogen (secondary N) is 2. The zero-order valence-electron chi connectivity index (χ0n) is 14.9. The number of hydrogen-bond acceptors (Lipinski definition) is 4. The molecule has 1 atom stereocenters. The minimum absolute atomic E-state index is 0.101. The number of allylic oxidation sites excluding steroid dienone is 1. The number of nitrogens with zero attached hydrogens (tertiary/aromatic N) is 2. The maximum atomic E-state index is 11.7. The summed E-state index contributed by atoms with van der Waals surface area (Å²) in [7, 11) is 0. The number of rotatable bonds is 4. The highest BCUT2D eigenvalue weighted by atomic mass is 16.1. The number of anilines is 1. The van der Waals surface area contributed by atoms with E-state index in [1.54, 1.807) is 12.4 Å². The Morgan fingerprint density at radius 2 is 2.15 bits per heavy atom. The molecule has 0 saturated heterocycles. The molecular formula is C21H21N5O. The molecule has 3 aromatic heterocycles. The highest BCUT2D eigenvalue weighted by Gasteiger charge is 2.21. The predicted octanol–water partition coefficient (Wildman–Crippen LogP) is 3.45. The van der Waals surface area contributed by atoms with E-state index in [1.807, 2.05) is 24.4 Å². The first-order valence-corrected chi connectivity index (χ1v) is 8.96. The molecule has 0 bridgehead atoms. The number of carbonyl (C=O) groups is 1. The Kier molecular flexibility index (Phi) is 4.46. The van der Waals surface area contributed by atoms with Gasteiger partial charge >= 0.3 is 0 Å². The fourth-order valence-electron chi connectivity index (χ4n) is 3.69. The molecule has 4 N–H and O–H groups in total. The van der Waals surface area contributed by atoms with Crippen molar-refractivity contribution in [2.75, 3.05) is 5.73 Å². The van der Waals surface area contributed by atoms with Gasteiger partial charge in [-0.25, -0.2) is 9.97 Å². The summed E-state index contributed by atoms with van der Waals surface area (Å²) in [6.45, 7) is 3.53. The summed E-state index contributed by atoms with van der Waals surface area (Å²) in [6, 6.07) is 5.96. The summed E-state index contributed by atoms with van der Waals surface area (Å²) in [5, 5.41) is 4.04. The Morgan fingerprint density at radius 3 is 2.96 bits per heavy atom. The third-order valence-electron chi connectivity index (χ3n) is 4.95. The lowest BCUT2D eigenvalue weighted by atomic mass is 9.88. The molecular weight excluding hydrogens is 338 g/mol. The quantitative estimate of drug-likeness (QED) is 0.622. The molecule has 0 spiro atoms. The summed E-state index contributed by atoms with van der Waals surface area (Å²) < 4.78 is 0. The molecule has 1 aliphatic carbocycles. The van der Waals surface area contributed by atoms with Crippen molar-refractivity contribution in [1.29, 1.82) is 0 Å². The summed E-state index contributed by atoms with van der Waals surface area (Å²) in [5.74, 6) is 0.355. The van der Waals surface area contributed by atoms with Crippen molar-refractivity contribution < 1.29 is 4.79 Å². The van der Waals surface area contributed by atoms with Gasteiger partial charge in [0, 0.05) is 41.1 Å². The topological polar surface area (TPSA) is 96.7 Å². The Morgan fingerprint density at radius 1 is 1.26 bits per heavy atom. The van der Waals surface area contributed by atoms with Crippen molar-refractivity contribution in [3.63, 3.8) is 0 Å². The van der Waals surface area contributed by atoms with E-state index in [-0.39, 0.29) is 11.9 Å². The predicted molar refractivity (Wildman–Crippen MR) is 108 cm³/mol. The first kappa shape index (κ1) is 17.0. The van der Waals surface area contributed by atoms with Crippen LogP contribution < -0.4 is 11.1 Å². The fraction of sp³-hybridized carbons (Fsp3) is 0.190. The van der Waals surface area contributed by atoms with Crippen LogP contribution in [0, 0.1) is 0 Å². The van der Waals surface area contributed by atoms with Crippen LogP contribution in [0.15, 0.2) is 55.5 Å². The standard InChI is InChI=1S/C21H21N5O/c1-2-18(27)26-14-6-3-5-13(11-14)15-8-10-24-21-19(15)17(12-25-21)16-7-4-9-23-20(16)22/h2,4-5,7-10,12,14H,1,3,6,11H2,(H2,22,23)(H,24,25)(H,26,27). The second-order valence-electron chi connectivity index (χ2n) is 6.64. The van der Waals surface area contributed by atoms with Gasteiger partial charge in [-0.15, -0.1) is 0 Å². The Labute approximate surface area is 157 Å². The maximum Gasteiger partial charge on any atom is 0.243 e. The second kappa shape index (κ2) is 7.07. The molecule has 3 aromatic rings. The van der Waals surface area contributed by atoms with Crippen LogP contribution in [-0.4, -0.2) is 26.9 Å². The van der Waals surface area contributed by atoms with Crippen molar-refractivity contribution >= 4 is 28.3 Å². The number of nitrogen functional groups attached to an aromatic ring is 1. The maximum absolute atomic E-state index is 11.7. The van der Waals surface area contributed by atoms with E-state index in [0.717, 1.165) is 47.0 Å². The van der Waals surface area contributed by atoms with Gasteiger partial charge in [0.25, 0.3) is 0 Å². The molecule has 27 heavy (non-hydrogen) atoms. The molecule has 4 rings (SSSR count).